The van der Waals surface area contributed by atoms with Gasteiger partial charge < -0.3 is 49.3 Å². The first kappa shape index (κ1) is 48.8. The first-order valence-electron chi connectivity index (χ1n) is 20.1. The van der Waals surface area contributed by atoms with Gasteiger partial charge in [0.1, 0.15) is 21.1 Å². The second-order valence-corrected chi connectivity index (χ2v) is 16.0. The van der Waals surface area contributed by atoms with Crippen molar-refractivity contribution in [2.45, 2.75) is 34.1 Å². The van der Waals surface area contributed by atoms with Crippen LogP contribution in [0.2, 0.25) is 0 Å². The number of nitrogens with two attached hydrogens (primary N) is 1. The van der Waals surface area contributed by atoms with Gasteiger partial charge in [-0.15, -0.1) is 22.7 Å². The van der Waals surface area contributed by atoms with Crippen LogP contribution in [0.3, 0.4) is 0 Å². The van der Waals surface area contributed by atoms with E-state index < -0.39 is 17.8 Å². The number of nitrogens with zero attached hydrogens (tertiary/aromatic N) is 1. The molecule has 0 saturated carbocycles. The van der Waals surface area contributed by atoms with E-state index in [1.807, 2.05) is 74.7 Å². The number of esters is 1. The van der Waals surface area contributed by atoms with E-state index in [0.29, 0.717) is 68.3 Å². The van der Waals surface area contributed by atoms with Crippen LogP contribution in [-0.2, 0) is 11.2 Å². The van der Waals surface area contributed by atoms with Crippen LogP contribution < -0.4 is 44.4 Å². The SMILES string of the molecule is CCOC(=O)c1c(-c2ccc(C)cc2)csc1N(C(=N)N)c1cc(OC)c(OC)c(OC)c1.CCc1sc(NC(=O)c2cc(OC)c(OC)c(OC)c2)c(C(=O)O)c1-c1ccc(C)cc1. The number of anilines is 3. The molecule has 2 aromatic heterocycles. The van der Waals surface area contributed by atoms with Crippen LogP contribution in [-0.4, -0.2) is 78.2 Å². The normalized spacial score (nSPS) is 10.5. The first-order valence-corrected chi connectivity index (χ1v) is 21.8. The van der Waals surface area contributed by atoms with Crippen molar-refractivity contribution >= 4 is 62.2 Å². The van der Waals surface area contributed by atoms with Crippen LogP contribution in [0, 0.1) is 19.3 Å². The van der Waals surface area contributed by atoms with Gasteiger partial charge in [0, 0.05) is 39.1 Å². The number of amides is 1. The Morgan fingerprint density at radius 3 is 1.65 bits per heavy atom. The van der Waals surface area contributed by atoms with Crippen molar-refractivity contribution in [1.82, 2.24) is 0 Å². The van der Waals surface area contributed by atoms with E-state index in [9.17, 15) is 19.5 Å². The molecule has 4 aromatic carbocycles. The van der Waals surface area contributed by atoms with Crippen molar-refractivity contribution in [2.24, 2.45) is 5.73 Å². The molecule has 0 fully saturated rings. The van der Waals surface area contributed by atoms with Crippen LogP contribution >= 0.6 is 22.7 Å². The Hall–Kier alpha value is -7.24. The van der Waals surface area contributed by atoms with E-state index in [2.05, 4.69) is 5.32 Å². The smallest absolute Gasteiger partial charge is 0.341 e. The zero-order valence-electron chi connectivity index (χ0n) is 37.8. The quantitative estimate of drug-likeness (QED) is 0.0406. The van der Waals surface area contributed by atoms with Gasteiger partial charge in [0.2, 0.25) is 11.5 Å². The average Bonchev–Trinajstić information content (AvgIpc) is 3.90. The lowest BCUT2D eigenvalue weighted by molar-refractivity contribution is 0.0528. The van der Waals surface area contributed by atoms with Gasteiger partial charge in [-0.2, -0.15) is 0 Å². The van der Waals surface area contributed by atoms with Gasteiger partial charge in [0.15, 0.2) is 29.0 Å². The molecule has 342 valence electrons. The van der Waals surface area contributed by atoms with E-state index in [4.69, 9.17) is 44.3 Å². The lowest BCUT2D eigenvalue weighted by Crippen LogP contribution is -2.33. The molecule has 0 aliphatic rings. The molecule has 0 atom stereocenters. The summed E-state index contributed by atoms with van der Waals surface area (Å²) < 4.78 is 37.6. The predicted octanol–water partition coefficient (Wildman–Crippen LogP) is 10.2. The van der Waals surface area contributed by atoms with E-state index in [1.54, 1.807) is 19.1 Å². The van der Waals surface area contributed by atoms with Gasteiger partial charge in [0.05, 0.1) is 55.0 Å². The molecule has 15 nitrogen and oxygen atoms in total. The van der Waals surface area contributed by atoms with Crippen LogP contribution in [0.4, 0.5) is 15.7 Å². The van der Waals surface area contributed by atoms with Crippen molar-refractivity contribution < 1.29 is 52.6 Å². The number of carboxylic acids is 1. The fourth-order valence-corrected chi connectivity index (χ4v) is 9.10. The molecular formula is C48H52N4O11S2. The summed E-state index contributed by atoms with van der Waals surface area (Å²) in [6.07, 6.45) is 0.633. The number of carboxylic acid groups (broad SMARTS) is 1. The number of aryl methyl sites for hydroxylation is 3. The average molecular weight is 925 g/mol. The maximum Gasteiger partial charge on any atom is 0.341 e. The molecule has 0 spiro atoms. The van der Waals surface area contributed by atoms with Gasteiger partial charge in [-0.3, -0.25) is 15.1 Å². The Balaban J connectivity index is 0.000000244. The number of hydrogen-bond donors (Lipinski definition) is 4. The minimum Gasteiger partial charge on any atom is -0.493 e. The van der Waals surface area contributed by atoms with E-state index >= 15 is 0 Å². The van der Waals surface area contributed by atoms with Gasteiger partial charge in [-0.05, 0) is 50.5 Å². The molecule has 6 aromatic rings. The molecule has 0 radical (unpaired) electrons. The van der Waals surface area contributed by atoms with Crippen molar-refractivity contribution in [1.29, 1.82) is 5.41 Å². The maximum absolute atomic E-state index is 13.1. The Labute approximate surface area is 385 Å². The summed E-state index contributed by atoms with van der Waals surface area (Å²) in [6.45, 7) is 7.89. The third-order valence-corrected chi connectivity index (χ3v) is 12.2. The molecule has 5 N–H and O–H groups in total. The van der Waals surface area contributed by atoms with Gasteiger partial charge in [-0.1, -0.05) is 66.6 Å². The molecule has 1 amide bonds. The highest BCUT2D eigenvalue weighted by atomic mass is 32.1. The number of thiophene rings is 2. The van der Waals surface area contributed by atoms with Crippen LogP contribution in [0.5, 0.6) is 34.5 Å². The largest absolute Gasteiger partial charge is 0.493 e. The lowest BCUT2D eigenvalue weighted by atomic mass is 9.99. The number of carbonyl (C=O) groups is 3. The summed E-state index contributed by atoms with van der Waals surface area (Å²) >= 11 is 2.55. The summed E-state index contributed by atoms with van der Waals surface area (Å²) in [5.74, 6) is -0.143. The van der Waals surface area contributed by atoms with Crippen LogP contribution in [0.1, 0.15) is 60.9 Å². The monoisotopic (exact) mass is 924 g/mol. The number of guanidine groups is 1. The number of hydrogen-bond acceptors (Lipinski definition) is 13. The Morgan fingerprint density at radius 1 is 0.723 bits per heavy atom. The summed E-state index contributed by atoms with van der Waals surface area (Å²) in [6, 6.07) is 21.9. The first-order chi connectivity index (χ1) is 31.2. The Kier molecular flexibility index (Phi) is 16.4. The number of ether oxygens (including phenoxy) is 7. The highest BCUT2D eigenvalue weighted by Gasteiger charge is 2.30. The summed E-state index contributed by atoms with van der Waals surface area (Å²) in [4.78, 5) is 40.7. The number of methoxy groups -OCH3 is 6. The molecule has 0 aliphatic carbocycles. The van der Waals surface area contributed by atoms with Gasteiger partial charge in [-0.25, -0.2) is 9.59 Å². The molecule has 65 heavy (non-hydrogen) atoms. The zero-order valence-corrected chi connectivity index (χ0v) is 39.4. The Bertz CT molecular complexity index is 2620. The zero-order chi connectivity index (χ0) is 47.5. The maximum atomic E-state index is 13.1. The third kappa shape index (κ3) is 10.6. The molecule has 6 rings (SSSR count). The van der Waals surface area contributed by atoms with Crippen LogP contribution in [0.15, 0.2) is 78.2 Å². The van der Waals surface area contributed by atoms with Crippen molar-refractivity contribution in [3.8, 4) is 56.8 Å². The fourth-order valence-electron chi connectivity index (χ4n) is 6.85. The van der Waals surface area contributed by atoms with E-state index in [1.165, 1.54) is 82.4 Å². The second-order valence-electron chi connectivity index (χ2n) is 14.0. The summed E-state index contributed by atoms with van der Waals surface area (Å²) in [5.41, 5.74) is 12.3. The fraction of sp³-hybridized carbons (Fsp3) is 0.250. The predicted molar refractivity (Wildman–Crippen MR) is 255 cm³/mol. The van der Waals surface area contributed by atoms with E-state index in [-0.39, 0.29) is 28.7 Å². The molecule has 0 saturated heterocycles. The van der Waals surface area contributed by atoms with Crippen molar-refractivity contribution in [3.63, 3.8) is 0 Å². The third-order valence-electron chi connectivity index (χ3n) is 9.98. The number of benzene rings is 4. The van der Waals surface area contributed by atoms with Crippen LogP contribution in [0.25, 0.3) is 22.3 Å². The molecule has 2 heterocycles. The topological polar surface area (TPSA) is 201 Å². The van der Waals surface area contributed by atoms with E-state index in [0.717, 1.165) is 27.1 Å². The number of carbonyl (C=O) groups excluding carboxylic acids is 2. The van der Waals surface area contributed by atoms with Gasteiger partial charge >= 0.3 is 11.9 Å². The standard InChI is InChI=1S/C24H27N3O5S.C24H25NO6S/c1-6-32-23(28)20-17(15-9-7-14(2)8-10-15)13-33-22(20)27(24(25)26)16-11-18(29-3)21(31-5)19(12-16)30-4;1-6-18-19(14-9-7-13(2)8-10-14)20(24(27)28)23(32-18)25-22(26)15-11-16(29-3)21(31-5)17(12-15)30-4/h7-13H,6H2,1-5H3,(H3,25,26);7-12H,6H2,1-5H3,(H,25,26)(H,27,28). The number of nitrogens with one attached hydrogen (secondary N) is 2. The Morgan fingerprint density at radius 2 is 1.22 bits per heavy atom. The lowest BCUT2D eigenvalue weighted by Gasteiger charge is -2.24. The molecule has 0 aliphatic heterocycles. The summed E-state index contributed by atoms with van der Waals surface area (Å²) in [7, 11) is 8.91. The van der Waals surface area contributed by atoms with Crippen molar-refractivity contribution in [3.05, 3.63) is 111 Å². The highest BCUT2D eigenvalue weighted by molar-refractivity contribution is 7.17. The molecule has 0 unspecified atom stereocenters. The highest BCUT2D eigenvalue weighted by Crippen LogP contribution is 2.47. The molecule has 0 bridgehead atoms. The number of rotatable bonds is 16. The minimum absolute atomic E-state index is 0.0801. The second kappa shape index (κ2) is 21.9. The minimum atomic E-state index is -1.10. The molecular weight excluding hydrogens is 873 g/mol. The molecule has 17 heteroatoms. The van der Waals surface area contributed by atoms with Gasteiger partial charge in [0.25, 0.3) is 5.91 Å². The van der Waals surface area contributed by atoms with Crippen molar-refractivity contribution in [2.75, 3.05) is 59.5 Å². The number of aromatic carboxylic acids is 1. The summed E-state index contributed by atoms with van der Waals surface area (Å²) in [5, 5.41) is 23.7.